The molecule has 1 N–H and O–H groups in total. The molecule has 0 aliphatic heterocycles. The summed E-state index contributed by atoms with van der Waals surface area (Å²) in [6.07, 6.45) is 1.41. The maximum Gasteiger partial charge on any atom is 0.337 e. The van der Waals surface area contributed by atoms with Gasteiger partial charge in [-0.1, -0.05) is 12.1 Å². The van der Waals surface area contributed by atoms with Crippen LogP contribution < -0.4 is 10.1 Å². The number of rotatable bonds is 8. The Balaban J connectivity index is 1.74. The number of nitrogens with one attached hydrogen (secondary N) is 1. The number of nitriles is 1. The van der Waals surface area contributed by atoms with Crippen LogP contribution in [0.15, 0.2) is 75.2 Å². The van der Waals surface area contributed by atoms with Gasteiger partial charge in [0.1, 0.15) is 24.0 Å². The Labute approximate surface area is 222 Å². The Kier molecular flexibility index (Phi) is 8.94. The molecule has 11 heteroatoms. The highest BCUT2D eigenvalue weighted by atomic mass is 79.9. The largest absolute Gasteiger partial charge is 0.487 e. The maximum absolute atomic E-state index is 12.6. The lowest BCUT2D eigenvalue weighted by molar-refractivity contribution is -0.384. The van der Waals surface area contributed by atoms with Crippen molar-refractivity contribution in [3.63, 3.8) is 0 Å². The minimum absolute atomic E-state index is 0.0311. The fourth-order valence-electron chi connectivity index (χ4n) is 3.04. The van der Waals surface area contributed by atoms with Gasteiger partial charge in [-0.05, 0) is 85.5 Å². The van der Waals surface area contributed by atoms with E-state index in [4.69, 9.17) is 4.74 Å². The molecule has 0 heterocycles. The number of amides is 1. The summed E-state index contributed by atoms with van der Waals surface area (Å²) in [4.78, 5) is 34.6. The Bertz CT molecular complexity index is 1370. The van der Waals surface area contributed by atoms with Crippen molar-refractivity contribution in [3.8, 4) is 11.8 Å². The zero-order valence-electron chi connectivity index (χ0n) is 18.7. The number of methoxy groups -OCH3 is 1. The molecule has 3 aromatic carbocycles. The summed E-state index contributed by atoms with van der Waals surface area (Å²) in [5.41, 5.74) is 1.72. The highest BCUT2D eigenvalue weighted by Gasteiger charge is 2.14. The first-order valence-corrected chi connectivity index (χ1v) is 11.8. The van der Waals surface area contributed by atoms with Crippen LogP contribution in [0.4, 0.5) is 11.4 Å². The van der Waals surface area contributed by atoms with Gasteiger partial charge in [0.15, 0.2) is 0 Å². The smallest absolute Gasteiger partial charge is 0.337 e. The van der Waals surface area contributed by atoms with Gasteiger partial charge in [0.2, 0.25) is 0 Å². The zero-order valence-corrected chi connectivity index (χ0v) is 21.8. The molecule has 1 amide bonds. The van der Waals surface area contributed by atoms with Crippen LogP contribution in [0.25, 0.3) is 6.08 Å². The molecular formula is C25H17Br2N3O6. The van der Waals surface area contributed by atoms with Crippen molar-refractivity contribution in [1.82, 2.24) is 0 Å². The lowest BCUT2D eigenvalue weighted by Crippen LogP contribution is -2.13. The summed E-state index contributed by atoms with van der Waals surface area (Å²) in [5, 5.41) is 23.1. The van der Waals surface area contributed by atoms with Gasteiger partial charge in [0.05, 0.1) is 26.5 Å². The number of hydrogen-bond donors (Lipinski definition) is 1. The van der Waals surface area contributed by atoms with E-state index in [2.05, 4.69) is 41.9 Å². The fourth-order valence-corrected chi connectivity index (χ4v) is 4.49. The molecule has 0 unspecified atom stereocenters. The lowest BCUT2D eigenvalue weighted by atomic mass is 10.1. The lowest BCUT2D eigenvalue weighted by Gasteiger charge is -2.12. The molecule has 9 nitrogen and oxygen atoms in total. The quantitative estimate of drug-likeness (QED) is 0.108. The SMILES string of the molecule is COC(=O)c1ccc(NC(=O)/C(C#N)=C/c2cc(Br)c(OCc3cccc([N+](=O)[O-])c3)c(Br)c2)cc1. The summed E-state index contributed by atoms with van der Waals surface area (Å²) in [6.45, 7) is 0.0919. The van der Waals surface area contributed by atoms with E-state index in [9.17, 15) is 25.0 Å². The van der Waals surface area contributed by atoms with Gasteiger partial charge in [-0.15, -0.1) is 0 Å². The van der Waals surface area contributed by atoms with E-state index in [1.807, 2.05) is 6.07 Å². The van der Waals surface area contributed by atoms with Crippen molar-refractivity contribution < 1.29 is 24.0 Å². The number of anilines is 1. The van der Waals surface area contributed by atoms with E-state index >= 15 is 0 Å². The van der Waals surface area contributed by atoms with Crippen LogP contribution in [0, 0.1) is 21.4 Å². The summed E-state index contributed by atoms with van der Waals surface area (Å²) in [6, 6.07) is 17.4. The Morgan fingerprint density at radius 1 is 1.11 bits per heavy atom. The van der Waals surface area contributed by atoms with Gasteiger partial charge in [0, 0.05) is 17.8 Å². The molecule has 3 aromatic rings. The second kappa shape index (κ2) is 12.1. The van der Waals surface area contributed by atoms with E-state index in [1.165, 1.54) is 49.6 Å². The molecule has 36 heavy (non-hydrogen) atoms. The van der Waals surface area contributed by atoms with Gasteiger partial charge in [-0.3, -0.25) is 14.9 Å². The highest BCUT2D eigenvalue weighted by Crippen LogP contribution is 2.36. The molecule has 0 aliphatic carbocycles. The van der Waals surface area contributed by atoms with Crippen molar-refractivity contribution in [2.24, 2.45) is 0 Å². The van der Waals surface area contributed by atoms with Crippen LogP contribution >= 0.6 is 31.9 Å². The van der Waals surface area contributed by atoms with Crippen molar-refractivity contribution in [3.05, 3.63) is 102 Å². The molecule has 0 aromatic heterocycles. The molecule has 0 spiro atoms. The van der Waals surface area contributed by atoms with Gasteiger partial charge in [0.25, 0.3) is 11.6 Å². The number of carbonyl (C=O) groups is 2. The van der Waals surface area contributed by atoms with E-state index in [-0.39, 0.29) is 17.9 Å². The molecule has 0 radical (unpaired) electrons. The van der Waals surface area contributed by atoms with E-state index < -0.39 is 16.8 Å². The average Bonchev–Trinajstić information content (AvgIpc) is 2.86. The van der Waals surface area contributed by atoms with E-state index in [0.717, 1.165) is 0 Å². The molecule has 0 atom stereocenters. The summed E-state index contributed by atoms with van der Waals surface area (Å²) in [7, 11) is 1.27. The van der Waals surface area contributed by atoms with Crippen molar-refractivity contribution in [2.75, 3.05) is 12.4 Å². The number of halogens is 2. The van der Waals surface area contributed by atoms with Crippen LogP contribution in [0.3, 0.4) is 0 Å². The molecule has 0 fully saturated rings. The molecular weight excluding hydrogens is 598 g/mol. The standard InChI is InChI=1S/C25H17Br2N3O6/c1-35-25(32)17-5-7-19(8-6-17)29-24(31)18(13-28)9-16-11-21(26)23(22(27)12-16)36-14-15-3-2-4-20(10-15)30(33)34/h2-12H,14H2,1H3,(H,29,31)/b18-9+. The Morgan fingerprint density at radius 3 is 2.36 bits per heavy atom. The van der Waals surface area contributed by atoms with Crippen LogP contribution in [0.2, 0.25) is 0 Å². The Morgan fingerprint density at radius 2 is 1.78 bits per heavy atom. The average molecular weight is 615 g/mol. The molecule has 0 bridgehead atoms. The maximum atomic E-state index is 12.6. The number of benzene rings is 3. The van der Waals surface area contributed by atoms with Crippen LogP contribution in [-0.2, 0) is 16.1 Å². The highest BCUT2D eigenvalue weighted by molar-refractivity contribution is 9.11. The van der Waals surface area contributed by atoms with Crippen LogP contribution in [0.1, 0.15) is 21.5 Å². The van der Waals surface area contributed by atoms with Gasteiger partial charge < -0.3 is 14.8 Å². The minimum Gasteiger partial charge on any atom is -0.487 e. The third kappa shape index (κ3) is 6.78. The molecule has 0 saturated carbocycles. The first kappa shape index (κ1) is 26.6. The molecule has 0 aliphatic rings. The molecule has 182 valence electrons. The molecule has 0 saturated heterocycles. The van der Waals surface area contributed by atoms with Gasteiger partial charge in [-0.25, -0.2) is 4.79 Å². The number of ether oxygens (including phenoxy) is 2. The van der Waals surface area contributed by atoms with Crippen LogP contribution in [-0.4, -0.2) is 23.9 Å². The van der Waals surface area contributed by atoms with Crippen molar-refractivity contribution in [2.45, 2.75) is 6.61 Å². The first-order chi connectivity index (χ1) is 17.2. The fraction of sp³-hybridized carbons (Fsp3) is 0.0800. The molecule has 3 rings (SSSR count). The summed E-state index contributed by atoms with van der Waals surface area (Å²) >= 11 is 6.84. The number of non-ortho nitro benzene ring substituents is 1. The topological polar surface area (TPSA) is 132 Å². The second-order valence-corrected chi connectivity index (χ2v) is 8.93. The third-order valence-electron chi connectivity index (χ3n) is 4.77. The predicted octanol–water partition coefficient (Wildman–Crippen LogP) is 6.03. The summed E-state index contributed by atoms with van der Waals surface area (Å²) < 4.78 is 11.6. The monoisotopic (exact) mass is 613 g/mol. The number of nitro groups is 1. The van der Waals surface area contributed by atoms with Crippen LogP contribution in [0.5, 0.6) is 5.75 Å². The zero-order chi connectivity index (χ0) is 26.2. The number of nitro benzene ring substituents is 1. The second-order valence-electron chi connectivity index (χ2n) is 7.22. The third-order valence-corrected chi connectivity index (χ3v) is 5.94. The minimum atomic E-state index is -0.624. The van der Waals surface area contributed by atoms with Crippen molar-refractivity contribution >= 4 is 61.2 Å². The van der Waals surface area contributed by atoms with Gasteiger partial charge >= 0.3 is 5.97 Å². The van der Waals surface area contributed by atoms with E-state index in [1.54, 1.807) is 24.3 Å². The van der Waals surface area contributed by atoms with E-state index in [0.29, 0.717) is 37.1 Å². The van der Waals surface area contributed by atoms with Crippen molar-refractivity contribution in [1.29, 1.82) is 5.26 Å². The first-order valence-electron chi connectivity index (χ1n) is 10.2. The number of esters is 1. The number of carbonyl (C=O) groups excluding carboxylic acids is 2. The number of hydrogen-bond acceptors (Lipinski definition) is 7. The van der Waals surface area contributed by atoms with Gasteiger partial charge in [-0.2, -0.15) is 5.26 Å². The normalized spacial score (nSPS) is 10.8. The predicted molar refractivity (Wildman–Crippen MR) is 139 cm³/mol. The number of nitrogens with zero attached hydrogens (tertiary/aromatic N) is 2. The summed E-state index contributed by atoms with van der Waals surface area (Å²) in [5.74, 6) is -0.673. The Hall–Kier alpha value is -4.01.